The van der Waals surface area contributed by atoms with E-state index in [0.717, 1.165) is 26.4 Å². The monoisotopic (exact) mass is 602 g/mol. The quantitative estimate of drug-likeness (QED) is 0.135. The van der Waals surface area contributed by atoms with Gasteiger partial charge in [0.15, 0.2) is 0 Å². The van der Waals surface area contributed by atoms with Gasteiger partial charge in [-0.3, -0.25) is 4.79 Å². The van der Waals surface area contributed by atoms with Gasteiger partial charge in [-0.15, -0.1) is 0 Å². The van der Waals surface area contributed by atoms with Gasteiger partial charge in [0, 0.05) is 5.69 Å². The van der Waals surface area contributed by atoms with Crippen molar-refractivity contribution in [2.24, 2.45) is 0 Å². The fraction of sp³-hybridized carbons (Fsp3) is 0.0857. The second-order valence-corrected chi connectivity index (χ2v) is 10.4. The number of nitriles is 1. The van der Waals surface area contributed by atoms with Crippen LogP contribution < -0.4 is 14.8 Å². The van der Waals surface area contributed by atoms with Crippen LogP contribution in [0, 0.1) is 18.3 Å². The predicted molar refractivity (Wildman–Crippen MR) is 167 cm³/mol. The Hall–Kier alpha value is -4.86. The van der Waals surface area contributed by atoms with E-state index in [0.29, 0.717) is 36.0 Å². The SMILES string of the molecule is Cc1ccc(COc2ccc(NC(=O)/C(C#N)=C/c3ccc(OCc4cccc5ccccc45)c(Br)c3)cc2)cc1. The smallest absolute Gasteiger partial charge is 0.266 e. The highest BCUT2D eigenvalue weighted by Crippen LogP contribution is 2.29. The Morgan fingerprint density at radius 1 is 0.878 bits per heavy atom. The van der Waals surface area contributed by atoms with Gasteiger partial charge in [0.1, 0.15) is 36.4 Å². The van der Waals surface area contributed by atoms with E-state index in [1.807, 2.05) is 73.7 Å². The molecular weight excluding hydrogens is 576 g/mol. The Balaban J connectivity index is 1.20. The van der Waals surface area contributed by atoms with Crippen molar-refractivity contribution in [3.63, 3.8) is 0 Å². The van der Waals surface area contributed by atoms with Crippen molar-refractivity contribution in [1.29, 1.82) is 5.26 Å². The summed E-state index contributed by atoms with van der Waals surface area (Å²) in [6.07, 6.45) is 1.55. The molecule has 0 aliphatic carbocycles. The molecule has 0 saturated heterocycles. The highest BCUT2D eigenvalue weighted by atomic mass is 79.9. The molecule has 5 rings (SSSR count). The van der Waals surface area contributed by atoms with Crippen molar-refractivity contribution in [1.82, 2.24) is 0 Å². The van der Waals surface area contributed by atoms with E-state index in [1.165, 1.54) is 5.56 Å². The van der Waals surface area contributed by atoms with E-state index >= 15 is 0 Å². The van der Waals surface area contributed by atoms with Crippen molar-refractivity contribution in [3.05, 3.63) is 141 Å². The molecule has 6 heteroatoms. The molecule has 1 N–H and O–H groups in total. The van der Waals surface area contributed by atoms with Gasteiger partial charge < -0.3 is 14.8 Å². The van der Waals surface area contributed by atoms with Gasteiger partial charge in [-0.25, -0.2) is 0 Å². The minimum Gasteiger partial charge on any atom is -0.489 e. The van der Waals surface area contributed by atoms with Crippen LogP contribution in [0.2, 0.25) is 0 Å². The molecule has 0 saturated carbocycles. The van der Waals surface area contributed by atoms with Crippen molar-refractivity contribution < 1.29 is 14.3 Å². The molecular formula is C35H27BrN2O3. The van der Waals surface area contributed by atoms with Crippen LogP contribution in [0.3, 0.4) is 0 Å². The summed E-state index contributed by atoms with van der Waals surface area (Å²) >= 11 is 3.56. The van der Waals surface area contributed by atoms with E-state index in [4.69, 9.17) is 9.47 Å². The Morgan fingerprint density at radius 3 is 2.39 bits per heavy atom. The molecule has 5 aromatic carbocycles. The van der Waals surface area contributed by atoms with Gasteiger partial charge in [0.05, 0.1) is 4.47 Å². The fourth-order valence-corrected chi connectivity index (χ4v) is 4.81. The predicted octanol–water partition coefficient (Wildman–Crippen LogP) is 8.61. The third-order valence-corrected chi connectivity index (χ3v) is 7.15. The van der Waals surface area contributed by atoms with Crippen LogP contribution in [-0.2, 0) is 18.0 Å². The molecule has 0 aromatic heterocycles. The van der Waals surface area contributed by atoms with E-state index in [-0.39, 0.29) is 5.57 Å². The number of anilines is 1. The van der Waals surface area contributed by atoms with Crippen LogP contribution in [-0.4, -0.2) is 5.91 Å². The summed E-state index contributed by atoms with van der Waals surface area (Å²) in [6, 6.07) is 37.0. The Labute approximate surface area is 247 Å². The highest BCUT2D eigenvalue weighted by molar-refractivity contribution is 9.10. The molecule has 202 valence electrons. The van der Waals surface area contributed by atoms with Gasteiger partial charge in [0.2, 0.25) is 0 Å². The van der Waals surface area contributed by atoms with Crippen LogP contribution in [0.4, 0.5) is 5.69 Å². The lowest BCUT2D eigenvalue weighted by molar-refractivity contribution is -0.112. The number of nitrogens with one attached hydrogen (secondary N) is 1. The van der Waals surface area contributed by atoms with E-state index in [9.17, 15) is 10.1 Å². The maximum atomic E-state index is 12.8. The Bertz CT molecular complexity index is 1750. The van der Waals surface area contributed by atoms with Crippen LogP contribution in [0.15, 0.2) is 119 Å². The average molecular weight is 604 g/mol. The minimum absolute atomic E-state index is 0.0129. The average Bonchev–Trinajstić information content (AvgIpc) is 3.00. The highest BCUT2D eigenvalue weighted by Gasteiger charge is 2.11. The van der Waals surface area contributed by atoms with E-state index in [2.05, 4.69) is 45.5 Å². The number of rotatable bonds is 9. The van der Waals surface area contributed by atoms with Crippen LogP contribution in [0.1, 0.15) is 22.3 Å². The van der Waals surface area contributed by atoms with Crippen molar-refractivity contribution in [2.45, 2.75) is 20.1 Å². The first-order valence-electron chi connectivity index (χ1n) is 13.1. The number of carbonyl (C=O) groups is 1. The molecule has 0 aliphatic rings. The van der Waals surface area contributed by atoms with Gasteiger partial charge in [0.25, 0.3) is 5.91 Å². The number of nitrogens with zero attached hydrogens (tertiary/aromatic N) is 1. The second-order valence-electron chi connectivity index (χ2n) is 9.54. The lowest BCUT2D eigenvalue weighted by atomic mass is 10.1. The van der Waals surface area contributed by atoms with Gasteiger partial charge in [-0.2, -0.15) is 5.26 Å². The lowest BCUT2D eigenvalue weighted by Gasteiger charge is -2.11. The standard InChI is InChI=1S/C35H27BrN2O3/c1-24-9-11-25(12-10-24)22-40-31-16-14-30(15-17-31)38-35(39)29(21-37)19-26-13-18-34(33(36)20-26)41-23-28-7-4-6-27-5-2-3-8-32(27)28/h2-20H,22-23H2,1H3,(H,38,39)/b29-19+. The van der Waals surface area contributed by atoms with Crippen LogP contribution in [0.5, 0.6) is 11.5 Å². The number of aryl methyl sites for hydroxylation is 1. The topological polar surface area (TPSA) is 71.3 Å². The third-order valence-electron chi connectivity index (χ3n) is 6.53. The number of benzene rings is 5. The maximum Gasteiger partial charge on any atom is 0.266 e. The Morgan fingerprint density at radius 2 is 1.63 bits per heavy atom. The zero-order valence-electron chi connectivity index (χ0n) is 22.4. The summed E-state index contributed by atoms with van der Waals surface area (Å²) in [5.74, 6) is 0.864. The number of fused-ring (bicyclic) bond motifs is 1. The fourth-order valence-electron chi connectivity index (χ4n) is 4.30. The molecule has 1 amide bonds. The summed E-state index contributed by atoms with van der Waals surface area (Å²) in [5, 5.41) is 14.8. The minimum atomic E-state index is -0.492. The van der Waals surface area contributed by atoms with Crippen molar-refractivity contribution >= 4 is 44.4 Å². The first kappa shape index (κ1) is 27.7. The first-order valence-corrected chi connectivity index (χ1v) is 13.9. The number of amides is 1. The normalized spacial score (nSPS) is 11.1. The van der Waals surface area contributed by atoms with E-state index in [1.54, 1.807) is 30.3 Å². The molecule has 5 aromatic rings. The molecule has 0 aliphatic heterocycles. The van der Waals surface area contributed by atoms with Crippen molar-refractivity contribution in [2.75, 3.05) is 5.32 Å². The molecule has 0 radical (unpaired) electrons. The molecule has 0 heterocycles. The summed E-state index contributed by atoms with van der Waals surface area (Å²) < 4.78 is 12.6. The summed E-state index contributed by atoms with van der Waals surface area (Å²) in [5.41, 5.74) is 4.62. The third kappa shape index (κ3) is 7.21. The number of ether oxygens (including phenoxy) is 2. The zero-order chi connectivity index (χ0) is 28.6. The lowest BCUT2D eigenvalue weighted by Crippen LogP contribution is -2.13. The van der Waals surface area contributed by atoms with Gasteiger partial charge >= 0.3 is 0 Å². The summed E-state index contributed by atoms with van der Waals surface area (Å²) in [7, 11) is 0. The maximum absolute atomic E-state index is 12.8. The summed E-state index contributed by atoms with van der Waals surface area (Å²) in [6.45, 7) is 2.91. The molecule has 0 unspecified atom stereocenters. The molecule has 0 fully saturated rings. The van der Waals surface area contributed by atoms with Crippen LogP contribution >= 0.6 is 15.9 Å². The van der Waals surface area contributed by atoms with Crippen molar-refractivity contribution in [3.8, 4) is 17.6 Å². The first-order chi connectivity index (χ1) is 20.0. The van der Waals surface area contributed by atoms with E-state index < -0.39 is 5.91 Å². The number of carbonyl (C=O) groups excluding carboxylic acids is 1. The molecule has 0 bridgehead atoms. The Kier molecular flexibility index (Phi) is 8.78. The van der Waals surface area contributed by atoms with Gasteiger partial charge in [-0.05, 0) is 92.8 Å². The number of hydrogen-bond acceptors (Lipinski definition) is 4. The molecule has 0 spiro atoms. The number of halogens is 1. The summed E-state index contributed by atoms with van der Waals surface area (Å²) in [4.78, 5) is 12.8. The van der Waals surface area contributed by atoms with Gasteiger partial charge in [-0.1, -0.05) is 78.4 Å². The largest absolute Gasteiger partial charge is 0.489 e. The zero-order valence-corrected chi connectivity index (χ0v) is 24.0. The van der Waals surface area contributed by atoms with Crippen LogP contribution in [0.25, 0.3) is 16.8 Å². The second kappa shape index (κ2) is 13.0. The molecule has 0 atom stereocenters. The number of hydrogen-bond donors (Lipinski definition) is 1. The molecule has 5 nitrogen and oxygen atoms in total. The molecule has 41 heavy (non-hydrogen) atoms.